The second kappa shape index (κ2) is 7.60. The number of fused-ring (bicyclic) bond motifs is 1. The van der Waals surface area contributed by atoms with Gasteiger partial charge in [0.05, 0.1) is 17.3 Å². The maximum atomic E-state index is 9.08. The van der Waals surface area contributed by atoms with Gasteiger partial charge in [-0.15, -0.1) is 11.3 Å². The number of benzene rings is 1. The number of nitrogens with zero attached hydrogens (tertiary/aromatic N) is 3. The minimum atomic E-state index is 0.297. The van der Waals surface area contributed by atoms with Crippen LogP contribution >= 0.6 is 11.3 Å². The van der Waals surface area contributed by atoms with Crippen LogP contribution < -0.4 is 9.64 Å². The molecule has 1 fully saturated rings. The number of anilines is 1. The van der Waals surface area contributed by atoms with Gasteiger partial charge in [-0.3, -0.25) is 0 Å². The Morgan fingerprint density at radius 2 is 2.08 bits per heavy atom. The summed E-state index contributed by atoms with van der Waals surface area (Å²) in [5, 5.41) is 10.1. The number of piperidine rings is 1. The molecule has 0 unspecified atom stereocenters. The van der Waals surface area contributed by atoms with E-state index in [2.05, 4.69) is 22.0 Å². The molecule has 1 N–H and O–H groups in total. The Kier molecular flexibility index (Phi) is 5.04. The zero-order valence-corrected chi connectivity index (χ0v) is 15.7. The van der Waals surface area contributed by atoms with Gasteiger partial charge in [0, 0.05) is 31.5 Å². The summed E-state index contributed by atoms with van der Waals surface area (Å²) in [5.41, 5.74) is 2.03. The summed E-state index contributed by atoms with van der Waals surface area (Å²) in [4.78, 5) is 11.7. The van der Waals surface area contributed by atoms with Crippen molar-refractivity contribution >= 4 is 27.4 Å². The van der Waals surface area contributed by atoms with E-state index in [1.165, 1.54) is 0 Å². The first-order valence-electron chi connectivity index (χ1n) is 9.03. The van der Waals surface area contributed by atoms with Gasteiger partial charge in [-0.1, -0.05) is 0 Å². The highest BCUT2D eigenvalue weighted by molar-refractivity contribution is 7.21. The zero-order valence-electron chi connectivity index (χ0n) is 14.9. The van der Waals surface area contributed by atoms with Gasteiger partial charge in [-0.05, 0) is 55.5 Å². The standard InChI is InChI=1S/C20H23N3O2S/c1-25-16-3-4-17-18(12-16)26-20(22-17)15-2-5-19(21-13-15)23-9-6-14(7-10-23)8-11-24/h2-5,12-14,24H,6-11H2,1H3. The van der Waals surface area contributed by atoms with Crippen LogP contribution in [0.1, 0.15) is 19.3 Å². The van der Waals surface area contributed by atoms with E-state index < -0.39 is 0 Å². The third-order valence-corrected chi connectivity index (χ3v) is 6.13. The van der Waals surface area contributed by atoms with E-state index >= 15 is 0 Å². The molecule has 1 aliphatic rings. The highest BCUT2D eigenvalue weighted by atomic mass is 32.1. The van der Waals surface area contributed by atoms with Gasteiger partial charge in [-0.25, -0.2) is 9.97 Å². The molecule has 0 aliphatic carbocycles. The van der Waals surface area contributed by atoms with Crippen LogP contribution in [0.15, 0.2) is 36.5 Å². The van der Waals surface area contributed by atoms with Gasteiger partial charge in [0.15, 0.2) is 0 Å². The molecule has 1 aliphatic heterocycles. The van der Waals surface area contributed by atoms with Gasteiger partial charge >= 0.3 is 0 Å². The zero-order chi connectivity index (χ0) is 17.9. The number of rotatable bonds is 5. The molecule has 0 atom stereocenters. The number of aliphatic hydroxyl groups is 1. The lowest BCUT2D eigenvalue weighted by Gasteiger charge is -2.32. The second-order valence-corrected chi connectivity index (χ2v) is 7.73. The molecule has 0 saturated carbocycles. The Morgan fingerprint density at radius 3 is 2.77 bits per heavy atom. The largest absolute Gasteiger partial charge is 0.497 e. The predicted molar refractivity (Wildman–Crippen MR) is 106 cm³/mol. The fourth-order valence-electron chi connectivity index (χ4n) is 3.49. The van der Waals surface area contributed by atoms with E-state index in [0.29, 0.717) is 12.5 Å². The van der Waals surface area contributed by atoms with Crippen molar-refractivity contribution in [2.75, 3.05) is 31.7 Å². The molecule has 6 heteroatoms. The predicted octanol–water partition coefficient (Wildman–Crippen LogP) is 3.97. The molecule has 4 rings (SSSR count). The van der Waals surface area contributed by atoms with Crippen molar-refractivity contribution in [1.82, 2.24) is 9.97 Å². The maximum Gasteiger partial charge on any atom is 0.128 e. The van der Waals surface area contributed by atoms with Crippen molar-refractivity contribution in [3.63, 3.8) is 0 Å². The first-order chi connectivity index (χ1) is 12.8. The highest BCUT2D eigenvalue weighted by Crippen LogP contribution is 2.33. The van der Waals surface area contributed by atoms with Crippen LogP contribution in [-0.4, -0.2) is 41.9 Å². The van der Waals surface area contributed by atoms with Gasteiger partial charge in [-0.2, -0.15) is 0 Å². The van der Waals surface area contributed by atoms with E-state index in [-0.39, 0.29) is 0 Å². The van der Waals surface area contributed by atoms with Crippen LogP contribution in [0, 0.1) is 5.92 Å². The number of methoxy groups -OCH3 is 1. The Morgan fingerprint density at radius 1 is 1.23 bits per heavy atom. The molecule has 5 nitrogen and oxygen atoms in total. The van der Waals surface area contributed by atoms with Crippen molar-refractivity contribution in [3.05, 3.63) is 36.5 Å². The summed E-state index contributed by atoms with van der Waals surface area (Å²) in [7, 11) is 1.68. The van der Waals surface area contributed by atoms with Crippen LogP contribution in [0.25, 0.3) is 20.8 Å². The van der Waals surface area contributed by atoms with Crippen LogP contribution in [0.4, 0.5) is 5.82 Å². The lowest BCUT2D eigenvalue weighted by molar-refractivity contribution is 0.240. The number of aliphatic hydroxyl groups excluding tert-OH is 1. The molecule has 26 heavy (non-hydrogen) atoms. The van der Waals surface area contributed by atoms with E-state index in [9.17, 15) is 0 Å². The molecule has 1 saturated heterocycles. The summed E-state index contributed by atoms with van der Waals surface area (Å²) < 4.78 is 6.41. The normalized spacial score (nSPS) is 15.5. The average Bonchev–Trinajstić information content (AvgIpc) is 3.12. The summed E-state index contributed by atoms with van der Waals surface area (Å²) in [6.07, 6.45) is 5.10. The van der Waals surface area contributed by atoms with E-state index in [1.807, 2.05) is 24.4 Å². The molecule has 3 heterocycles. The third-order valence-electron chi connectivity index (χ3n) is 5.07. The molecule has 0 bridgehead atoms. The number of hydrogen-bond acceptors (Lipinski definition) is 6. The van der Waals surface area contributed by atoms with Crippen LogP contribution in [0.2, 0.25) is 0 Å². The van der Waals surface area contributed by atoms with E-state index in [1.54, 1.807) is 18.4 Å². The molecule has 3 aromatic rings. The van der Waals surface area contributed by atoms with E-state index in [0.717, 1.165) is 64.7 Å². The minimum absolute atomic E-state index is 0.297. The topological polar surface area (TPSA) is 58.5 Å². The smallest absolute Gasteiger partial charge is 0.128 e. The lowest BCUT2D eigenvalue weighted by atomic mass is 9.94. The fraction of sp³-hybridized carbons (Fsp3) is 0.400. The Balaban J connectivity index is 1.49. The maximum absolute atomic E-state index is 9.08. The van der Waals surface area contributed by atoms with Crippen molar-refractivity contribution in [3.8, 4) is 16.3 Å². The molecule has 0 amide bonds. The molecule has 1 aromatic carbocycles. The van der Waals surface area contributed by atoms with E-state index in [4.69, 9.17) is 14.8 Å². The van der Waals surface area contributed by atoms with Gasteiger partial charge in [0.25, 0.3) is 0 Å². The quantitative estimate of drug-likeness (QED) is 0.737. The lowest BCUT2D eigenvalue weighted by Crippen LogP contribution is -2.34. The minimum Gasteiger partial charge on any atom is -0.497 e. The molecular formula is C20H23N3O2S. The molecule has 0 radical (unpaired) electrons. The van der Waals surface area contributed by atoms with Crippen molar-refractivity contribution in [1.29, 1.82) is 0 Å². The summed E-state index contributed by atoms with van der Waals surface area (Å²) in [6, 6.07) is 10.2. The molecule has 2 aromatic heterocycles. The third kappa shape index (κ3) is 3.52. The van der Waals surface area contributed by atoms with Crippen LogP contribution in [0.5, 0.6) is 5.75 Å². The first kappa shape index (κ1) is 17.2. The Bertz CT molecular complexity index is 870. The second-order valence-electron chi connectivity index (χ2n) is 6.70. The van der Waals surface area contributed by atoms with Gasteiger partial charge < -0.3 is 14.7 Å². The summed E-state index contributed by atoms with van der Waals surface area (Å²) >= 11 is 1.66. The SMILES string of the molecule is COc1ccc2nc(-c3ccc(N4CCC(CCO)CC4)nc3)sc2c1. The number of aromatic nitrogens is 2. The van der Waals surface area contributed by atoms with Crippen molar-refractivity contribution < 1.29 is 9.84 Å². The Hall–Kier alpha value is -2.18. The average molecular weight is 369 g/mol. The monoisotopic (exact) mass is 369 g/mol. The number of hydrogen-bond donors (Lipinski definition) is 1. The first-order valence-corrected chi connectivity index (χ1v) is 9.85. The summed E-state index contributed by atoms with van der Waals surface area (Å²) in [5.74, 6) is 2.53. The van der Waals surface area contributed by atoms with Gasteiger partial charge in [0.1, 0.15) is 16.6 Å². The van der Waals surface area contributed by atoms with Crippen LogP contribution in [0.3, 0.4) is 0 Å². The Labute approximate surface area is 157 Å². The molecule has 0 spiro atoms. The highest BCUT2D eigenvalue weighted by Gasteiger charge is 2.19. The number of ether oxygens (including phenoxy) is 1. The molecule has 136 valence electrons. The number of pyridine rings is 1. The van der Waals surface area contributed by atoms with Crippen LogP contribution in [-0.2, 0) is 0 Å². The fourth-order valence-corrected chi connectivity index (χ4v) is 4.47. The molecular weight excluding hydrogens is 346 g/mol. The van der Waals surface area contributed by atoms with Crippen molar-refractivity contribution in [2.24, 2.45) is 5.92 Å². The van der Waals surface area contributed by atoms with Crippen molar-refractivity contribution in [2.45, 2.75) is 19.3 Å². The summed E-state index contributed by atoms with van der Waals surface area (Å²) in [6.45, 7) is 2.32. The van der Waals surface area contributed by atoms with Gasteiger partial charge in [0.2, 0.25) is 0 Å². The number of thiazole rings is 1.